The van der Waals surface area contributed by atoms with Crippen LogP contribution in [-0.4, -0.2) is 59.3 Å². The van der Waals surface area contributed by atoms with Gasteiger partial charge in [-0.2, -0.15) is 9.90 Å². The van der Waals surface area contributed by atoms with Crippen molar-refractivity contribution in [2.45, 2.75) is 218 Å². The zero-order chi connectivity index (χ0) is 29.8. The molecule has 0 nitrogen and oxygen atoms in total. The third kappa shape index (κ3) is 43.0. The Kier molecular flexibility index (Phi) is 57.5. The maximum Gasteiger partial charge on any atom is -0.153 e. The standard InChI is InChI=1S/9C4H9.H3P.3Sn/c9*1-3-4-2;;;;/h9*1,3-4H2,2H3;1H3;;;. The average Bonchev–Trinajstić information content (AvgIpc) is 2.96. The van der Waals surface area contributed by atoms with E-state index in [9.17, 15) is 0 Å². The SMILES string of the molecule is CCC[CH2][Sn]([CH2]CCC)[CH2]CCC.CCC[CH2][Sn]([CH2]CCC)[CH2]CCC.CCC[CH2][Sn]([CH2]CCC)[CH2]CCC.P. The van der Waals surface area contributed by atoms with Gasteiger partial charge in [0.1, 0.15) is 0 Å². The van der Waals surface area contributed by atoms with Crippen LogP contribution >= 0.6 is 9.90 Å². The summed E-state index contributed by atoms with van der Waals surface area (Å²) >= 11 is -2.52. The fourth-order valence-corrected chi connectivity index (χ4v) is 33.3. The Balaban J connectivity index is -0.000000240. The fraction of sp³-hybridized carbons (Fsp3) is 1.00. The molecule has 0 rings (SSSR count). The summed E-state index contributed by atoms with van der Waals surface area (Å²) in [4.78, 5) is 0. The van der Waals surface area contributed by atoms with E-state index in [1.807, 2.05) is 0 Å². The molecular formula is C36H84PSn3. The summed E-state index contributed by atoms with van der Waals surface area (Å²) in [7, 11) is 0. The van der Waals surface area contributed by atoms with Crippen molar-refractivity contribution < 1.29 is 0 Å². The van der Waals surface area contributed by atoms with E-state index >= 15 is 0 Å². The van der Waals surface area contributed by atoms with Gasteiger partial charge >= 0.3 is 277 Å². The van der Waals surface area contributed by atoms with Gasteiger partial charge in [-0.3, -0.25) is 0 Å². The van der Waals surface area contributed by atoms with Crippen molar-refractivity contribution in [2.75, 3.05) is 0 Å². The maximum atomic E-state index is 2.33. The Bertz CT molecular complexity index is 280. The predicted molar refractivity (Wildman–Crippen MR) is 206 cm³/mol. The molecular weight excluding hydrogens is 820 g/mol. The molecule has 0 aromatic rings. The molecule has 0 amide bonds. The maximum absolute atomic E-state index is 2.33. The van der Waals surface area contributed by atoms with Gasteiger partial charge in [0.15, 0.2) is 0 Å². The van der Waals surface area contributed by atoms with Crippen LogP contribution < -0.4 is 0 Å². The van der Waals surface area contributed by atoms with Crippen molar-refractivity contribution in [1.82, 2.24) is 0 Å². The van der Waals surface area contributed by atoms with Crippen LogP contribution in [0.4, 0.5) is 0 Å². The summed E-state index contributed by atoms with van der Waals surface area (Å²) in [6, 6.07) is 0. The Morgan fingerprint density at radius 2 is 0.325 bits per heavy atom. The largest absolute Gasteiger partial charge is 0.153 e. The van der Waals surface area contributed by atoms with E-state index in [1.54, 1.807) is 39.9 Å². The molecule has 1 unspecified atom stereocenters. The van der Waals surface area contributed by atoms with Gasteiger partial charge in [0, 0.05) is 0 Å². The van der Waals surface area contributed by atoms with Crippen molar-refractivity contribution in [1.29, 1.82) is 0 Å². The van der Waals surface area contributed by atoms with E-state index in [2.05, 4.69) is 62.3 Å². The van der Waals surface area contributed by atoms with Crippen LogP contribution in [0.15, 0.2) is 0 Å². The molecule has 0 N–H and O–H groups in total. The van der Waals surface area contributed by atoms with Gasteiger partial charge in [-0.15, -0.1) is 0 Å². The van der Waals surface area contributed by atoms with E-state index in [4.69, 9.17) is 0 Å². The number of hydrogen-bond acceptors (Lipinski definition) is 0. The third-order valence-electron chi connectivity index (χ3n) is 7.95. The molecule has 40 heavy (non-hydrogen) atoms. The van der Waals surface area contributed by atoms with Gasteiger partial charge in [-0.05, 0) is 0 Å². The summed E-state index contributed by atoms with van der Waals surface area (Å²) in [5.74, 6) is 0. The molecule has 4 heteroatoms. The first-order valence-corrected chi connectivity index (χ1v) is 36.7. The van der Waals surface area contributed by atoms with Crippen molar-refractivity contribution in [3.63, 3.8) is 0 Å². The van der Waals surface area contributed by atoms with E-state index < -0.39 is 59.3 Å². The summed E-state index contributed by atoms with van der Waals surface area (Å²) in [6.45, 7) is 21.0. The first kappa shape index (κ1) is 49.7. The van der Waals surface area contributed by atoms with E-state index in [-0.39, 0.29) is 9.90 Å². The first-order valence-electron chi connectivity index (χ1n) is 18.5. The second kappa shape index (κ2) is 46.2. The predicted octanol–water partition coefficient (Wildman–Crippen LogP) is 14.7. The molecule has 0 aliphatic rings. The topological polar surface area (TPSA) is 0 Å². The van der Waals surface area contributed by atoms with Crippen molar-refractivity contribution in [3.05, 3.63) is 0 Å². The van der Waals surface area contributed by atoms with Gasteiger partial charge in [0.2, 0.25) is 0 Å². The second-order valence-electron chi connectivity index (χ2n) is 12.2. The molecule has 0 saturated heterocycles. The van der Waals surface area contributed by atoms with Gasteiger partial charge in [-0.25, -0.2) is 0 Å². The van der Waals surface area contributed by atoms with Crippen LogP contribution in [0.1, 0.15) is 178 Å². The monoisotopic (exact) mass is 907 g/mol. The van der Waals surface area contributed by atoms with Gasteiger partial charge < -0.3 is 0 Å². The minimum atomic E-state index is -0.839. The fourth-order valence-electron chi connectivity index (χ4n) is 4.97. The number of rotatable bonds is 27. The molecule has 0 fully saturated rings. The summed E-state index contributed by atoms with van der Waals surface area (Å²) in [5.41, 5.74) is 0. The van der Waals surface area contributed by atoms with Crippen molar-refractivity contribution >= 4 is 69.2 Å². The summed E-state index contributed by atoms with van der Waals surface area (Å²) in [5, 5.41) is 0. The molecule has 0 heterocycles. The Morgan fingerprint density at radius 3 is 0.400 bits per heavy atom. The van der Waals surface area contributed by atoms with Crippen LogP contribution in [0, 0.1) is 0 Å². The molecule has 0 aromatic heterocycles. The Hall–Kier alpha value is 2.83. The first-order chi connectivity index (χ1) is 19.0. The number of unbranched alkanes of at least 4 members (excludes halogenated alkanes) is 9. The molecule has 0 saturated carbocycles. The molecule has 0 aromatic carbocycles. The Morgan fingerprint density at radius 1 is 0.225 bits per heavy atom. The molecule has 0 spiro atoms. The Labute approximate surface area is 284 Å². The van der Waals surface area contributed by atoms with Crippen LogP contribution in [-0.2, 0) is 0 Å². The zero-order valence-corrected chi connectivity index (χ0v) is 40.3. The van der Waals surface area contributed by atoms with Gasteiger partial charge in [0.05, 0.1) is 0 Å². The van der Waals surface area contributed by atoms with Crippen molar-refractivity contribution in [2.24, 2.45) is 0 Å². The van der Waals surface area contributed by atoms with Crippen molar-refractivity contribution in [3.8, 4) is 0 Å². The zero-order valence-electron chi connectivity index (χ0n) is 30.3. The molecule has 245 valence electrons. The smallest absolute Gasteiger partial charge is 0.153 e. The third-order valence-corrected chi connectivity index (χ3v) is 35.2. The van der Waals surface area contributed by atoms with Crippen LogP contribution in [0.3, 0.4) is 0 Å². The van der Waals surface area contributed by atoms with Crippen LogP contribution in [0.5, 0.6) is 0 Å². The summed E-state index contributed by atoms with van der Waals surface area (Å²) < 4.78 is 15.1. The van der Waals surface area contributed by atoms with E-state index in [0.717, 1.165) is 0 Å². The summed E-state index contributed by atoms with van der Waals surface area (Å²) in [6.07, 6.45) is 26.5. The molecule has 3 radical (unpaired) electrons. The quantitative estimate of drug-likeness (QED) is 0.0569. The van der Waals surface area contributed by atoms with E-state index in [1.165, 1.54) is 116 Å². The molecule has 0 aliphatic carbocycles. The minimum absolute atomic E-state index is 0. The van der Waals surface area contributed by atoms with Crippen LogP contribution in [0.25, 0.3) is 0 Å². The molecule has 1 atom stereocenters. The normalized spacial score (nSPS) is 10.8. The second-order valence-corrected chi connectivity index (χ2v) is 37.9. The number of hydrogen-bond donors (Lipinski definition) is 0. The van der Waals surface area contributed by atoms with Crippen LogP contribution in [0.2, 0.25) is 39.9 Å². The van der Waals surface area contributed by atoms with E-state index in [0.29, 0.717) is 0 Å². The van der Waals surface area contributed by atoms with Gasteiger partial charge in [0.25, 0.3) is 0 Å². The average molecular weight is 904 g/mol. The molecule has 0 bridgehead atoms. The molecule has 0 aliphatic heterocycles. The minimum Gasteiger partial charge on any atom is -0.153 e. The van der Waals surface area contributed by atoms with Gasteiger partial charge in [-0.1, -0.05) is 0 Å².